The summed E-state index contributed by atoms with van der Waals surface area (Å²) in [5.74, 6) is 0. The van der Waals surface area contributed by atoms with Crippen molar-refractivity contribution in [1.82, 2.24) is 13.8 Å². The molecule has 4 heteroatoms. The third-order valence-electron chi connectivity index (χ3n) is 13.5. The minimum atomic E-state index is -0.0847. The molecule has 0 bridgehead atoms. The number of para-hydroxylation sites is 2. The van der Waals surface area contributed by atoms with E-state index in [1.165, 1.54) is 82.0 Å². The molecule has 0 saturated heterocycles. The summed E-state index contributed by atoms with van der Waals surface area (Å²) < 4.78 is 5.04. The summed E-state index contributed by atoms with van der Waals surface area (Å²) in [5, 5.41) is 8.84. The largest absolute Gasteiger partial charge is 0.308 e. The Bertz CT molecular complexity index is 3500. The lowest BCUT2D eigenvalue weighted by Gasteiger charge is -2.29. The van der Waals surface area contributed by atoms with Crippen LogP contribution in [0.4, 0.5) is 17.1 Å². The maximum atomic E-state index is 5.88. The number of hydrogen-bond donors (Lipinski definition) is 0. The zero-order valence-corrected chi connectivity index (χ0v) is 37.8. The van der Waals surface area contributed by atoms with Crippen LogP contribution in [0, 0.1) is 0 Å². The van der Waals surface area contributed by atoms with Crippen molar-refractivity contribution in [1.29, 1.82) is 0 Å². The van der Waals surface area contributed by atoms with Gasteiger partial charge in [-0.05, 0) is 123 Å². The van der Waals surface area contributed by atoms with E-state index in [2.05, 4.69) is 218 Å². The molecule has 11 rings (SSSR count). The molecular formula is C57H56N4. The topological polar surface area (TPSA) is 24.9 Å². The maximum Gasteiger partial charge on any atom is 0.146 e. The molecule has 6 aromatic carbocycles. The van der Waals surface area contributed by atoms with Crippen molar-refractivity contribution in [3.63, 3.8) is 0 Å². The Morgan fingerprint density at radius 2 is 0.820 bits per heavy atom. The van der Waals surface area contributed by atoms with Crippen LogP contribution in [0.2, 0.25) is 0 Å². The molecule has 0 fully saturated rings. The molecule has 0 saturated carbocycles. The molecule has 0 aliphatic rings. The van der Waals surface area contributed by atoms with E-state index in [1.807, 2.05) is 0 Å². The Morgan fingerprint density at radius 3 is 1.36 bits per heavy atom. The molecule has 4 nitrogen and oxygen atoms in total. The van der Waals surface area contributed by atoms with Crippen LogP contribution in [0.15, 0.2) is 121 Å². The van der Waals surface area contributed by atoms with E-state index in [9.17, 15) is 0 Å². The van der Waals surface area contributed by atoms with Crippen LogP contribution in [-0.2, 0) is 21.7 Å². The number of benzene rings is 6. The van der Waals surface area contributed by atoms with Gasteiger partial charge < -0.3 is 9.30 Å². The van der Waals surface area contributed by atoms with E-state index in [1.54, 1.807) is 0 Å². The Balaban J connectivity index is 1.37. The SMILES string of the molecule is CC(C)(C)c1ccc2c(c1)c1cc(C(C)(C)C)cc3c4cc5c(nc4n2c13)c1cc(C(C)(C)C)cc2c3cc(C(C)(C)C)cc(N(c4ccccc4)c4ccccc4)c3n5c21. The summed E-state index contributed by atoms with van der Waals surface area (Å²) in [6.45, 7) is 28.0. The molecule has 5 aromatic heterocycles. The molecule has 304 valence electrons. The van der Waals surface area contributed by atoms with E-state index in [-0.39, 0.29) is 21.7 Å². The molecule has 0 unspecified atom stereocenters. The minimum absolute atomic E-state index is 0.0337. The Hall–Kier alpha value is -6.13. The second kappa shape index (κ2) is 12.3. The first-order chi connectivity index (χ1) is 28.8. The normalized spacial score (nSPS) is 13.6. The van der Waals surface area contributed by atoms with Crippen molar-refractivity contribution < 1.29 is 0 Å². The minimum Gasteiger partial charge on any atom is -0.308 e. The van der Waals surface area contributed by atoms with E-state index >= 15 is 0 Å². The average Bonchev–Trinajstić information content (AvgIpc) is 3.92. The number of hydrogen-bond acceptors (Lipinski definition) is 2. The highest BCUT2D eigenvalue weighted by Crippen LogP contribution is 2.50. The van der Waals surface area contributed by atoms with Crippen LogP contribution in [0.1, 0.15) is 105 Å². The van der Waals surface area contributed by atoms with Crippen molar-refractivity contribution in [2.24, 2.45) is 0 Å². The van der Waals surface area contributed by atoms with Gasteiger partial charge >= 0.3 is 0 Å². The van der Waals surface area contributed by atoms with Crippen molar-refractivity contribution in [2.45, 2.75) is 105 Å². The zero-order valence-electron chi connectivity index (χ0n) is 37.8. The number of fused-ring (bicyclic) bond motifs is 12. The Morgan fingerprint density at radius 1 is 0.377 bits per heavy atom. The van der Waals surface area contributed by atoms with E-state index in [0.717, 1.165) is 33.7 Å². The van der Waals surface area contributed by atoms with Gasteiger partial charge in [0, 0.05) is 49.1 Å². The van der Waals surface area contributed by atoms with Gasteiger partial charge in [0.25, 0.3) is 0 Å². The molecule has 0 spiro atoms. The van der Waals surface area contributed by atoms with E-state index in [4.69, 9.17) is 4.98 Å². The lowest BCUT2D eigenvalue weighted by molar-refractivity contribution is 0.590. The number of nitrogens with zero attached hydrogens (tertiary/aromatic N) is 4. The van der Waals surface area contributed by atoms with Crippen LogP contribution in [-0.4, -0.2) is 13.8 Å². The van der Waals surface area contributed by atoms with Gasteiger partial charge in [-0.2, -0.15) is 0 Å². The molecule has 11 aromatic rings. The monoisotopic (exact) mass is 796 g/mol. The molecule has 61 heavy (non-hydrogen) atoms. The average molecular weight is 797 g/mol. The van der Waals surface area contributed by atoms with Crippen molar-refractivity contribution >= 4 is 93.5 Å². The molecule has 0 N–H and O–H groups in total. The van der Waals surface area contributed by atoms with Crippen molar-refractivity contribution in [3.8, 4) is 0 Å². The lowest BCUT2D eigenvalue weighted by Crippen LogP contribution is -2.15. The van der Waals surface area contributed by atoms with Gasteiger partial charge in [0.05, 0.1) is 38.8 Å². The molecule has 0 aliphatic heterocycles. The maximum absolute atomic E-state index is 5.88. The predicted octanol–water partition coefficient (Wildman–Crippen LogP) is 16.0. The van der Waals surface area contributed by atoms with Crippen LogP contribution in [0.25, 0.3) is 76.5 Å². The number of aromatic nitrogens is 3. The Labute approximate surface area is 359 Å². The molecule has 0 amide bonds. The second-order valence-electron chi connectivity index (χ2n) is 21.9. The first-order valence-electron chi connectivity index (χ1n) is 22.1. The third kappa shape index (κ3) is 5.46. The zero-order chi connectivity index (χ0) is 42.7. The van der Waals surface area contributed by atoms with E-state index < -0.39 is 0 Å². The smallest absolute Gasteiger partial charge is 0.146 e. The predicted molar refractivity (Wildman–Crippen MR) is 263 cm³/mol. The molecule has 0 radical (unpaired) electrons. The van der Waals surface area contributed by atoms with Gasteiger partial charge in [-0.1, -0.05) is 126 Å². The van der Waals surface area contributed by atoms with Crippen LogP contribution in [0.3, 0.4) is 0 Å². The highest BCUT2D eigenvalue weighted by atomic mass is 15.2. The summed E-state index contributed by atoms with van der Waals surface area (Å²) >= 11 is 0. The number of rotatable bonds is 3. The third-order valence-corrected chi connectivity index (χ3v) is 13.5. The second-order valence-corrected chi connectivity index (χ2v) is 21.9. The fraction of sp³-hybridized carbons (Fsp3) is 0.281. The van der Waals surface area contributed by atoms with Gasteiger partial charge in [0.15, 0.2) is 0 Å². The fourth-order valence-corrected chi connectivity index (χ4v) is 9.99. The van der Waals surface area contributed by atoms with Gasteiger partial charge in [0.2, 0.25) is 0 Å². The van der Waals surface area contributed by atoms with Crippen molar-refractivity contribution in [2.75, 3.05) is 4.90 Å². The highest BCUT2D eigenvalue weighted by molar-refractivity contribution is 6.28. The van der Waals surface area contributed by atoms with Crippen LogP contribution >= 0.6 is 0 Å². The quantitative estimate of drug-likeness (QED) is 0.178. The van der Waals surface area contributed by atoms with E-state index in [0.29, 0.717) is 0 Å². The molecule has 0 aliphatic carbocycles. The fourth-order valence-electron chi connectivity index (χ4n) is 9.99. The molecule has 0 atom stereocenters. The standard InChI is InChI=1S/C57H56N4/c1-54(2,3)33-23-24-46-39(25-33)40-26-34(55(4,5)6)28-43-44-32-47-49(58-53(44)61(46)50(40)43)45-30-35(56(7,8)9)27-41-42-29-36(57(10,11)12)31-48(52(42)60(47)51(41)45)59(37-19-15-13-16-20-37)38-21-17-14-18-22-38/h13-32H,1-12H3. The first-order valence-corrected chi connectivity index (χ1v) is 22.1. The highest BCUT2D eigenvalue weighted by Gasteiger charge is 2.31. The summed E-state index contributed by atoms with van der Waals surface area (Å²) in [6, 6.07) is 46.1. The van der Waals surface area contributed by atoms with Crippen LogP contribution < -0.4 is 4.90 Å². The Kier molecular flexibility index (Phi) is 7.60. The van der Waals surface area contributed by atoms with Gasteiger partial charge in [-0.25, -0.2) is 4.98 Å². The molecular weight excluding hydrogens is 741 g/mol. The summed E-state index contributed by atoms with van der Waals surface area (Å²) in [4.78, 5) is 8.34. The van der Waals surface area contributed by atoms with Gasteiger partial charge in [0.1, 0.15) is 5.65 Å². The summed E-state index contributed by atoms with van der Waals surface area (Å²) in [6.07, 6.45) is 0. The van der Waals surface area contributed by atoms with Gasteiger partial charge in [-0.15, -0.1) is 0 Å². The van der Waals surface area contributed by atoms with Crippen molar-refractivity contribution in [3.05, 3.63) is 144 Å². The first kappa shape index (κ1) is 37.8. The lowest BCUT2D eigenvalue weighted by atomic mass is 9.84. The summed E-state index contributed by atoms with van der Waals surface area (Å²) in [5.41, 5.74) is 16.7. The van der Waals surface area contributed by atoms with Gasteiger partial charge in [-0.3, -0.25) is 4.40 Å². The van der Waals surface area contributed by atoms with Crippen LogP contribution in [0.5, 0.6) is 0 Å². The summed E-state index contributed by atoms with van der Waals surface area (Å²) in [7, 11) is 0. The molecule has 5 heterocycles. The number of anilines is 3. The number of pyridine rings is 1.